The van der Waals surface area contributed by atoms with Gasteiger partial charge in [-0.25, -0.2) is 0 Å². The maximum atomic E-state index is 12.1. The summed E-state index contributed by atoms with van der Waals surface area (Å²) in [6.45, 7) is 3.82. The molecule has 0 aliphatic carbocycles. The molecule has 4 nitrogen and oxygen atoms in total. The molecule has 1 amide bonds. The SMILES string of the molecule is CC(=O)c1ccc(NC(=O)CCc2ccc(N3CCCC3)cc2)cc1. The van der Waals surface area contributed by atoms with Crippen LogP contribution in [-0.2, 0) is 11.2 Å². The first-order valence-corrected chi connectivity index (χ1v) is 8.86. The zero-order chi connectivity index (χ0) is 17.6. The molecule has 130 valence electrons. The van der Waals surface area contributed by atoms with Crippen LogP contribution in [0.15, 0.2) is 48.5 Å². The van der Waals surface area contributed by atoms with Gasteiger partial charge in [0.05, 0.1) is 0 Å². The summed E-state index contributed by atoms with van der Waals surface area (Å²) in [5, 5.41) is 2.88. The highest BCUT2D eigenvalue weighted by Crippen LogP contribution is 2.21. The smallest absolute Gasteiger partial charge is 0.224 e. The number of anilines is 2. The second kappa shape index (κ2) is 7.97. The predicted molar refractivity (Wildman–Crippen MR) is 101 cm³/mol. The lowest BCUT2D eigenvalue weighted by Crippen LogP contribution is -2.17. The van der Waals surface area contributed by atoms with Gasteiger partial charge in [-0.15, -0.1) is 0 Å². The Bertz CT molecular complexity index is 729. The molecule has 1 fully saturated rings. The Morgan fingerprint density at radius 3 is 2.20 bits per heavy atom. The van der Waals surface area contributed by atoms with Gasteiger partial charge in [-0.05, 0) is 68.1 Å². The topological polar surface area (TPSA) is 49.4 Å². The summed E-state index contributed by atoms with van der Waals surface area (Å²) in [6.07, 6.45) is 3.71. The Morgan fingerprint density at radius 1 is 0.960 bits per heavy atom. The minimum atomic E-state index is -0.0146. The van der Waals surface area contributed by atoms with Gasteiger partial charge in [0.25, 0.3) is 0 Å². The second-order valence-electron chi connectivity index (χ2n) is 6.54. The highest BCUT2D eigenvalue weighted by atomic mass is 16.1. The number of carbonyl (C=O) groups excluding carboxylic acids is 2. The molecule has 0 atom stereocenters. The van der Waals surface area contributed by atoms with E-state index < -0.39 is 0 Å². The first-order chi connectivity index (χ1) is 12.1. The van der Waals surface area contributed by atoms with E-state index in [1.54, 1.807) is 24.3 Å². The van der Waals surface area contributed by atoms with Crippen molar-refractivity contribution in [1.82, 2.24) is 0 Å². The van der Waals surface area contributed by atoms with Crippen molar-refractivity contribution >= 4 is 23.1 Å². The number of amides is 1. The molecule has 2 aromatic rings. The fourth-order valence-corrected chi connectivity index (χ4v) is 3.12. The number of hydrogen-bond donors (Lipinski definition) is 1. The van der Waals surface area contributed by atoms with Crippen LogP contribution in [0.4, 0.5) is 11.4 Å². The number of Topliss-reactive ketones (excluding diaryl/α,β-unsaturated/α-hetero) is 1. The van der Waals surface area contributed by atoms with Crippen LogP contribution in [0, 0.1) is 0 Å². The maximum absolute atomic E-state index is 12.1. The highest BCUT2D eigenvalue weighted by Gasteiger charge is 2.12. The number of aryl methyl sites for hydroxylation is 1. The number of carbonyl (C=O) groups is 2. The van der Waals surface area contributed by atoms with Gasteiger partial charge in [0.2, 0.25) is 5.91 Å². The lowest BCUT2D eigenvalue weighted by Gasteiger charge is -2.17. The summed E-state index contributed by atoms with van der Waals surface area (Å²) in [5.74, 6) is 0.00875. The first kappa shape index (κ1) is 17.2. The van der Waals surface area contributed by atoms with Crippen molar-refractivity contribution < 1.29 is 9.59 Å². The Kier molecular flexibility index (Phi) is 5.49. The van der Waals surface area contributed by atoms with E-state index in [1.165, 1.54) is 31.0 Å². The molecule has 25 heavy (non-hydrogen) atoms. The largest absolute Gasteiger partial charge is 0.372 e. The molecule has 0 saturated carbocycles. The summed E-state index contributed by atoms with van der Waals surface area (Å²) < 4.78 is 0. The van der Waals surface area contributed by atoms with E-state index in [1.807, 2.05) is 0 Å². The van der Waals surface area contributed by atoms with Crippen molar-refractivity contribution in [1.29, 1.82) is 0 Å². The zero-order valence-electron chi connectivity index (χ0n) is 14.6. The quantitative estimate of drug-likeness (QED) is 0.809. The van der Waals surface area contributed by atoms with E-state index in [-0.39, 0.29) is 11.7 Å². The molecule has 3 rings (SSSR count). The average Bonchev–Trinajstić information content (AvgIpc) is 3.15. The van der Waals surface area contributed by atoms with Crippen LogP contribution in [0.2, 0.25) is 0 Å². The molecular formula is C21H24N2O2. The van der Waals surface area contributed by atoms with Crippen LogP contribution in [0.1, 0.15) is 42.1 Å². The fourth-order valence-electron chi connectivity index (χ4n) is 3.12. The first-order valence-electron chi connectivity index (χ1n) is 8.86. The molecular weight excluding hydrogens is 312 g/mol. The van der Waals surface area contributed by atoms with E-state index in [4.69, 9.17) is 0 Å². The number of rotatable bonds is 6. The van der Waals surface area contributed by atoms with Crippen molar-refractivity contribution in [2.75, 3.05) is 23.3 Å². The molecule has 2 aromatic carbocycles. The molecule has 1 aliphatic rings. The molecule has 0 aromatic heterocycles. The van der Waals surface area contributed by atoms with Crippen molar-refractivity contribution in [3.05, 3.63) is 59.7 Å². The summed E-state index contributed by atoms with van der Waals surface area (Å²) in [7, 11) is 0. The Hall–Kier alpha value is -2.62. The third kappa shape index (κ3) is 4.69. The highest BCUT2D eigenvalue weighted by molar-refractivity contribution is 5.95. The van der Waals surface area contributed by atoms with Crippen molar-refractivity contribution in [3.63, 3.8) is 0 Å². The molecule has 1 heterocycles. The molecule has 1 N–H and O–H groups in total. The Labute approximate surface area is 148 Å². The van der Waals surface area contributed by atoms with E-state index in [0.717, 1.165) is 25.2 Å². The summed E-state index contributed by atoms with van der Waals surface area (Å²) in [4.78, 5) is 25.8. The number of nitrogens with one attached hydrogen (secondary N) is 1. The standard InChI is InChI=1S/C21H24N2O2/c1-16(24)18-7-9-19(10-8-18)22-21(25)13-6-17-4-11-20(12-5-17)23-14-2-3-15-23/h4-5,7-12H,2-3,6,13-15H2,1H3,(H,22,25). The van der Waals surface area contributed by atoms with Crippen molar-refractivity contribution in [2.45, 2.75) is 32.6 Å². The monoisotopic (exact) mass is 336 g/mol. The molecule has 0 bridgehead atoms. The van der Waals surface area contributed by atoms with Crippen molar-refractivity contribution in [3.8, 4) is 0 Å². The van der Waals surface area contributed by atoms with Crippen LogP contribution in [-0.4, -0.2) is 24.8 Å². The van der Waals surface area contributed by atoms with Crippen LogP contribution in [0.25, 0.3) is 0 Å². The predicted octanol–water partition coefficient (Wildman–Crippen LogP) is 4.06. The number of nitrogens with zero attached hydrogens (tertiary/aromatic N) is 1. The number of ketones is 1. The van der Waals surface area contributed by atoms with Gasteiger partial charge in [0.15, 0.2) is 5.78 Å². The van der Waals surface area contributed by atoms with Gasteiger partial charge in [0.1, 0.15) is 0 Å². The normalized spacial score (nSPS) is 13.7. The second-order valence-corrected chi connectivity index (χ2v) is 6.54. The van der Waals surface area contributed by atoms with Gasteiger partial charge in [-0.3, -0.25) is 9.59 Å². The molecule has 0 radical (unpaired) electrons. The lowest BCUT2D eigenvalue weighted by atomic mass is 10.1. The summed E-state index contributed by atoms with van der Waals surface area (Å²) >= 11 is 0. The minimum absolute atomic E-state index is 0.0146. The zero-order valence-corrected chi connectivity index (χ0v) is 14.6. The summed E-state index contributed by atoms with van der Waals surface area (Å²) in [6, 6.07) is 15.5. The Morgan fingerprint density at radius 2 is 1.60 bits per heavy atom. The molecule has 1 aliphatic heterocycles. The third-order valence-electron chi connectivity index (χ3n) is 4.62. The maximum Gasteiger partial charge on any atom is 0.224 e. The van der Waals surface area contributed by atoms with E-state index in [0.29, 0.717) is 12.0 Å². The van der Waals surface area contributed by atoms with Gasteiger partial charge >= 0.3 is 0 Å². The minimum Gasteiger partial charge on any atom is -0.372 e. The molecule has 0 spiro atoms. The summed E-state index contributed by atoms with van der Waals surface area (Å²) in [5.41, 5.74) is 3.82. The van der Waals surface area contributed by atoms with Crippen LogP contribution in [0.5, 0.6) is 0 Å². The molecule has 0 unspecified atom stereocenters. The third-order valence-corrected chi connectivity index (χ3v) is 4.62. The van der Waals surface area contributed by atoms with E-state index in [9.17, 15) is 9.59 Å². The van der Waals surface area contributed by atoms with E-state index in [2.05, 4.69) is 34.5 Å². The number of hydrogen-bond acceptors (Lipinski definition) is 3. The van der Waals surface area contributed by atoms with E-state index >= 15 is 0 Å². The Balaban J connectivity index is 1.49. The fraction of sp³-hybridized carbons (Fsp3) is 0.333. The van der Waals surface area contributed by atoms with Crippen LogP contribution < -0.4 is 10.2 Å². The van der Waals surface area contributed by atoms with Crippen molar-refractivity contribution in [2.24, 2.45) is 0 Å². The number of benzene rings is 2. The molecule has 1 saturated heterocycles. The van der Waals surface area contributed by atoms with Crippen LogP contribution in [0.3, 0.4) is 0 Å². The average molecular weight is 336 g/mol. The van der Waals surface area contributed by atoms with Crippen LogP contribution >= 0.6 is 0 Å². The van der Waals surface area contributed by atoms with Gasteiger partial charge in [-0.1, -0.05) is 12.1 Å². The molecule has 4 heteroatoms. The lowest BCUT2D eigenvalue weighted by molar-refractivity contribution is -0.116. The van der Waals surface area contributed by atoms with Gasteiger partial charge in [0, 0.05) is 36.4 Å². The van der Waals surface area contributed by atoms with Gasteiger partial charge < -0.3 is 10.2 Å². The van der Waals surface area contributed by atoms with Gasteiger partial charge in [-0.2, -0.15) is 0 Å².